The van der Waals surface area contributed by atoms with Gasteiger partial charge in [0.05, 0.1) is 6.04 Å². The second-order valence-corrected chi connectivity index (χ2v) is 9.88. The van der Waals surface area contributed by atoms with Gasteiger partial charge < -0.3 is 21.3 Å². The number of anilines is 3. The van der Waals surface area contributed by atoms with Crippen LogP contribution < -0.4 is 16.4 Å². The number of hydrogen-bond acceptors (Lipinski definition) is 5. The summed E-state index contributed by atoms with van der Waals surface area (Å²) in [7, 11) is 2.11. The maximum absolute atomic E-state index is 13.6. The third-order valence-corrected chi connectivity index (χ3v) is 7.11. The molecule has 7 heteroatoms. The smallest absolute Gasteiger partial charge is 0.255 e. The van der Waals surface area contributed by atoms with E-state index in [2.05, 4.69) is 33.5 Å². The molecule has 38 heavy (non-hydrogen) atoms. The number of amides is 2. The van der Waals surface area contributed by atoms with Crippen molar-refractivity contribution in [2.75, 3.05) is 49.6 Å². The van der Waals surface area contributed by atoms with Gasteiger partial charge in [0.2, 0.25) is 5.91 Å². The molecule has 0 aromatic heterocycles. The Morgan fingerprint density at radius 2 is 1.45 bits per heavy atom. The fourth-order valence-electron chi connectivity index (χ4n) is 4.80. The molecule has 7 nitrogen and oxygen atoms in total. The molecule has 1 atom stereocenters. The highest BCUT2D eigenvalue weighted by Crippen LogP contribution is 2.21. The molecule has 0 aliphatic carbocycles. The molecule has 4 N–H and O–H groups in total. The SMILES string of the molecule is CN1CCN(C(Cc2ccc(C(=O)Nc3ccc(N)cc3)cc2)C(=O)Nc2ccc3ccccc3c2)CC1. The van der Waals surface area contributed by atoms with Gasteiger partial charge >= 0.3 is 0 Å². The molecule has 1 unspecified atom stereocenters. The first kappa shape index (κ1) is 25.4. The lowest BCUT2D eigenvalue weighted by atomic mass is 10.0. The van der Waals surface area contributed by atoms with E-state index < -0.39 is 0 Å². The van der Waals surface area contributed by atoms with Crippen molar-refractivity contribution in [2.24, 2.45) is 0 Å². The molecule has 5 rings (SSSR count). The van der Waals surface area contributed by atoms with Crippen LogP contribution in [0, 0.1) is 0 Å². The van der Waals surface area contributed by atoms with E-state index in [1.54, 1.807) is 24.3 Å². The van der Waals surface area contributed by atoms with Crippen LogP contribution in [0.3, 0.4) is 0 Å². The summed E-state index contributed by atoms with van der Waals surface area (Å²) in [5, 5.41) is 8.28. The number of rotatable bonds is 7. The van der Waals surface area contributed by atoms with Gasteiger partial charge in [-0.3, -0.25) is 14.5 Å². The van der Waals surface area contributed by atoms with Crippen molar-refractivity contribution in [2.45, 2.75) is 12.5 Å². The minimum absolute atomic E-state index is 0.0185. The Morgan fingerprint density at radius 3 is 2.16 bits per heavy atom. The van der Waals surface area contributed by atoms with Crippen molar-refractivity contribution >= 4 is 39.6 Å². The predicted molar refractivity (Wildman–Crippen MR) is 154 cm³/mol. The number of carbonyl (C=O) groups is 2. The number of nitrogen functional groups attached to an aromatic ring is 1. The van der Waals surface area contributed by atoms with Gasteiger partial charge in [-0.25, -0.2) is 0 Å². The molecule has 4 aromatic carbocycles. The zero-order valence-corrected chi connectivity index (χ0v) is 21.6. The molecule has 1 fully saturated rings. The van der Waals surface area contributed by atoms with Gasteiger partial charge in [-0.05, 0) is 78.3 Å². The monoisotopic (exact) mass is 507 g/mol. The van der Waals surface area contributed by atoms with Gasteiger partial charge in [0.15, 0.2) is 0 Å². The van der Waals surface area contributed by atoms with Crippen molar-refractivity contribution in [1.82, 2.24) is 9.80 Å². The fraction of sp³-hybridized carbons (Fsp3) is 0.226. The summed E-state index contributed by atoms with van der Waals surface area (Å²) in [6.45, 7) is 3.50. The van der Waals surface area contributed by atoms with Gasteiger partial charge in [-0.1, -0.05) is 42.5 Å². The van der Waals surface area contributed by atoms with Crippen LogP contribution in [0.4, 0.5) is 17.1 Å². The van der Waals surface area contributed by atoms with Gasteiger partial charge in [0, 0.05) is 48.8 Å². The number of likely N-dealkylation sites (N-methyl/N-ethyl adjacent to an activating group) is 1. The Balaban J connectivity index is 1.30. The average Bonchev–Trinajstić information content (AvgIpc) is 2.94. The van der Waals surface area contributed by atoms with E-state index in [9.17, 15) is 9.59 Å². The number of nitrogens with two attached hydrogens (primary N) is 1. The molecule has 1 saturated heterocycles. The highest BCUT2D eigenvalue weighted by Gasteiger charge is 2.29. The Morgan fingerprint density at radius 1 is 0.789 bits per heavy atom. The minimum atomic E-state index is -0.315. The molecular weight excluding hydrogens is 474 g/mol. The number of benzene rings is 4. The van der Waals surface area contributed by atoms with Crippen LogP contribution in [0.2, 0.25) is 0 Å². The van der Waals surface area contributed by atoms with Gasteiger partial charge in [-0.15, -0.1) is 0 Å². The lowest BCUT2D eigenvalue weighted by Crippen LogP contribution is -2.53. The summed E-state index contributed by atoms with van der Waals surface area (Å²) in [5.41, 5.74) is 9.42. The summed E-state index contributed by atoms with van der Waals surface area (Å²) in [5.74, 6) is -0.207. The van der Waals surface area contributed by atoms with E-state index in [4.69, 9.17) is 5.73 Å². The van der Waals surface area contributed by atoms with Crippen LogP contribution in [0.5, 0.6) is 0 Å². The zero-order chi connectivity index (χ0) is 26.5. The fourth-order valence-corrected chi connectivity index (χ4v) is 4.80. The molecule has 0 saturated carbocycles. The summed E-state index contributed by atoms with van der Waals surface area (Å²) < 4.78 is 0. The number of carbonyl (C=O) groups excluding carboxylic acids is 2. The maximum atomic E-state index is 13.6. The molecule has 1 aliphatic rings. The number of nitrogens with zero attached hydrogens (tertiary/aromatic N) is 2. The second-order valence-electron chi connectivity index (χ2n) is 9.88. The largest absolute Gasteiger partial charge is 0.399 e. The van der Waals surface area contributed by atoms with Crippen LogP contribution in [0.25, 0.3) is 10.8 Å². The van der Waals surface area contributed by atoms with E-state index in [1.807, 2.05) is 60.7 Å². The Kier molecular flexibility index (Phi) is 7.67. The Bertz CT molecular complexity index is 1410. The normalized spacial score (nSPS) is 15.2. The number of fused-ring (bicyclic) bond motifs is 1. The van der Waals surface area contributed by atoms with E-state index in [0.29, 0.717) is 23.4 Å². The first-order valence-corrected chi connectivity index (χ1v) is 12.9. The summed E-state index contributed by atoms with van der Waals surface area (Å²) in [4.78, 5) is 30.8. The molecule has 2 amide bonds. The van der Waals surface area contributed by atoms with Crippen molar-refractivity contribution in [3.05, 3.63) is 102 Å². The van der Waals surface area contributed by atoms with Crippen molar-refractivity contribution in [3.8, 4) is 0 Å². The minimum Gasteiger partial charge on any atom is -0.399 e. The number of piperazine rings is 1. The third-order valence-electron chi connectivity index (χ3n) is 7.11. The molecule has 4 aromatic rings. The lowest BCUT2D eigenvalue weighted by molar-refractivity contribution is -0.122. The summed E-state index contributed by atoms with van der Waals surface area (Å²) in [6, 6.07) is 28.3. The highest BCUT2D eigenvalue weighted by atomic mass is 16.2. The zero-order valence-electron chi connectivity index (χ0n) is 21.6. The van der Waals surface area contributed by atoms with E-state index in [-0.39, 0.29) is 17.9 Å². The topological polar surface area (TPSA) is 90.7 Å². The van der Waals surface area contributed by atoms with Crippen LogP contribution >= 0.6 is 0 Å². The van der Waals surface area contributed by atoms with Crippen LogP contribution in [0.1, 0.15) is 15.9 Å². The highest BCUT2D eigenvalue weighted by molar-refractivity contribution is 6.04. The third kappa shape index (κ3) is 6.19. The average molecular weight is 508 g/mol. The summed E-state index contributed by atoms with van der Waals surface area (Å²) in [6.07, 6.45) is 0.559. The molecule has 0 bridgehead atoms. The molecule has 194 valence electrons. The van der Waals surface area contributed by atoms with Crippen molar-refractivity contribution < 1.29 is 9.59 Å². The predicted octanol–water partition coefficient (Wildman–Crippen LogP) is 4.47. The number of hydrogen-bond donors (Lipinski definition) is 3. The maximum Gasteiger partial charge on any atom is 0.255 e. The van der Waals surface area contributed by atoms with Gasteiger partial charge in [0.25, 0.3) is 5.91 Å². The second kappa shape index (κ2) is 11.5. The number of nitrogens with one attached hydrogen (secondary N) is 2. The van der Waals surface area contributed by atoms with Crippen molar-refractivity contribution in [3.63, 3.8) is 0 Å². The first-order valence-electron chi connectivity index (χ1n) is 12.9. The summed E-state index contributed by atoms with van der Waals surface area (Å²) >= 11 is 0. The molecule has 0 spiro atoms. The van der Waals surface area contributed by atoms with Gasteiger partial charge in [0.1, 0.15) is 0 Å². The Hall–Kier alpha value is -4.20. The van der Waals surface area contributed by atoms with Crippen LogP contribution in [0.15, 0.2) is 91.0 Å². The molecule has 0 radical (unpaired) electrons. The van der Waals surface area contributed by atoms with Gasteiger partial charge in [-0.2, -0.15) is 0 Å². The van der Waals surface area contributed by atoms with Crippen LogP contribution in [-0.2, 0) is 11.2 Å². The van der Waals surface area contributed by atoms with E-state index >= 15 is 0 Å². The van der Waals surface area contributed by atoms with Crippen LogP contribution in [-0.4, -0.2) is 60.9 Å². The standard InChI is InChI=1S/C31H33N5O2/c1-35-16-18-36(19-17-35)29(31(38)34-28-13-10-23-4-2-3-5-25(23)21-28)20-22-6-8-24(9-7-22)30(37)33-27-14-11-26(32)12-15-27/h2-15,21,29H,16-20,32H2,1H3,(H,33,37)(H,34,38). The lowest BCUT2D eigenvalue weighted by Gasteiger charge is -2.37. The van der Waals surface area contributed by atoms with E-state index in [1.165, 1.54) is 0 Å². The Labute approximate surface area is 223 Å². The van der Waals surface area contributed by atoms with Crippen molar-refractivity contribution in [1.29, 1.82) is 0 Å². The molecular formula is C31H33N5O2. The molecule has 1 aliphatic heterocycles. The quantitative estimate of drug-likeness (QED) is 0.321. The first-order chi connectivity index (χ1) is 18.4. The van der Waals surface area contributed by atoms with E-state index in [0.717, 1.165) is 48.2 Å². The molecule has 1 heterocycles.